The molecule has 1 rings (SSSR count). The van der Waals surface area contributed by atoms with Crippen molar-refractivity contribution in [2.24, 2.45) is 0 Å². The molecular formula is C14H22ClNS. The van der Waals surface area contributed by atoms with E-state index in [1.54, 1.807) is 0 Å². The van der Waals surface area contributed by atoms with Crippen molar-refractivity contribution >= 4 is 23.4 Å². The molecule has 0 amide bonds. The number of benzene rings is 1. The predicted molar refractivity (Wildman–Crippen MR) is 80.2 cm³/mol. The lowest BCUT2D eigenvalue weighted by molar-refractivity contribution is 0.572. The average Bonchev–Trinajstić information content (AvgIpc) is 2.32. The SMILES string of the molecule is CCCSCC(Cc1ccc(Cl)cc1)NCC. The zero-order valence-corrected chi connectivity index (χ0v) is 12.3. The topological polar surface area (TPSA) is 12.0 Å². The van der Waals surface area contributed by atoms with Gasteiger partial charge in [-0.2, -0.15) is 11.8 Å². The van der Waals surface area contributed by atoms with E-state index in [1.165, 1.54) is 23.5 Å². The number of nitrogens with one attached hydrogen (secondary N) is 1. The molecule has 1 unspecified atom stereocenters. The summed E-state index contributed by atoms with van der Waals surface area (Å²) in [4.78, 5) is 0. The van der Waals surface area contributed by atoms with Crippen molar-refractivity contribution in [3.05, 3.63) is 34.9 Å². The number of hydrogen-bond acceptors (Lipinski definition) is 2. The van der Waals surface area contributed by atoms with Crippen LogP contribution >= 0.6 is 23.4 Å². The Kier molecular flexibility index (Phi) is 7.74. The molecule has 0 aliphatic carbocycles. The van der Waals surface area contributed by atoms with E-state index in [-0.39, 0.29) is 0 Å². The van der Waals surface area contributed by atoms with E-state index in [0.29, 0.717) is 6.04 Å². The highest BCUT2D eigenvalue weighted by molar-refractivity contribution is 7.99. The molecule has 1 nitrogen and oxygen atoms in total. The minimum atomic E-state index is 0.567. The Bertz CT molecular complexity index is 300. The Labute approximate surface area is 114 Å². The second kappa shape index (κ2) is 8.84. The smallest absolute Gasteiger partial charge is 0.0406 e. The van der Waals surface area contributed by atoms with Crippen LogP contribution in [0, 0.1) is 0 Å². The fourth-order valence-corrected chi connectivity index (χ4v) is 2.86. The molecule has 3 heteroatoms. The second-order valence-electron chi connectivity index (χ2n) is 4.16. The van der Waals surface area contributed by atoms with Crippen LogP contribution in [0.25, 0.3) is 0 Å². The fourth-order valence-electron chi connectivity index (χ4n) is 1.75. The van der Waals surface area contributed by atoms with Gasteiger partial charge in [-0.15, -0.1) is 0 Å². The Morgan fingerprint density at radius 1 is 1.24 bits per heavy atom. The normalized spacial score (nSPS) is 12.6. The van der Waals surface area contributed by atoms with Crippen molar-refractivity contribution in [3.63, 3.8) is 0 Å². The summed E-state index contributed by atoms with van der Waals surface area (Å²) in [6.45, 7) is 5.43. The Hall–Kier alpha value is -0.180. The van der Waals surface area contributed by atoms with E-state index >= 15 is 0 Å². The van der Waals surface area contributed by atoms with Crippen molar-refractivity contribution in [1.29, 1.82) is 0 Å². The van der Waals surface area contributed by atoms with Gasteiger partial charge in [0.1, 0.15) is 0 Å². The van der Waals surface area contributed by atoms with E-state index in [2.05, 4.69) is 31.3 Å². The van der Waals surface area contributed by atoms with Crippen LogP contribution in [0.2, 0.25) is 5.02 Å². The summed E-state index contributed by atoms with van der Waals surface area (Å²) in [5.74, 6) is 2.44. The first-order valence-corrected chi connectivity index (χ1v) is 7.85. The summed E-state index contributed by atoms with van der Waals surface area (Å²) in [7, 11) is 0. The Morgan fingerprint density at radius 2 is 1.94 bits per heavy atom. The maximum absolute atomic E-state index is 5.89. The summed E-state index contributed by atoms with van der Waals surface area (Å²) in [5.41, 5.74) is 1.36. The van der Waals surface area contributed by atoms with Gasteiger partial charge in [-0.3, -0.25) is 0 Å². The van der Waals surface area contributed by atoms with Crippen molar-refractivity contribution in [2.75, 3.05) is 18.1 Å². The highest BCUT2D eigenvalue weighted by atomic mass is 35.5. The minimum Gasteiger partial charge on any atom is -0.313 e. The van der Waals surface area contributed by atoms with E-state index in [4.69, 9.17) is 11.6 Å². The van der Waals surface area contributed by atoms with Crippen molar-refractivity contribution in [3.8, 4) is 0 Å². The van der Waals surface area contributed by atoms with E-state index in [9.17, 15) is 0 Å². The molecule has 0 fully saturated rings. The van der Waals surface area contributed by atoms with Crippen LogP contribution in [-0.4, -0.2) is 24.1 Å². The predicted octanol–water partition coefficient (Wildman–Crippen LogP) is 4.00. The molecule has 1 aromatic rings. The molecule has 1 atom stereocenters. The van der Waals surface area contributed by atoms with Crippen molar-refractivity contribution in [1.82, 2.24) is 5.32 Å². The summed E-state index contributed by atoms with van der Waals surface area (Å²) in [6.07, 6.45) is 2.34. The Balaban J connectivity index is 2.44. The first-order chi connectivity index (χ1) is 8.26. The van der Waals surface area contributed by atoms with Crippen LogP contribution in [0.1, 0.15) is 25.8 Å². The maximum Gasteiger partial charge on any atom is 0.0406 e. The molecule has 0 bridgehead atoms. The fraction of sp³-hybridized carbons (Fsp3) is 0.571. The lowest BCUT2D eigenvalue weighted by atomic mass is 10.1. The molecule has 0 saturated carbocycles. The molecule has 96 valence electrons. The summed E-state index contributed by atoms with van der Waals surface area (Å²) in [5, 5.41) is 4.36. The number of hydrogen-bond donors (Lipinski definition) is 1. The first-order valence-electron chi connectivity index (χ1n) is 6.31. The van der Waals surface area contributed by atoms with Crippen LogP contribution in [-0.2, 0) is 6.42 Å². The van der Waals surface area contributed by atoms with Gasteiger partial charge in [0.05, 0.1) is 0 Å². The van der Waals surface area contributed by atoms with Gasteiger partial charge in [-0.25, -0.2) is 0 Å². The average molecular weight is 272 g/mol. The van der Waals surface area contributed by atoms with Crippen LogP contribution in [0.3, 0.4) is 0 Å². The lowest BCUT2D eigenvalue weighted by Crippen LogP contribution is -2.33. The van der Waals surface area contributed by atoms with Gasteiger partial charge in [-0.05, 0) is 42.8 Å². The summed E-state index contributed by atoms with van der Waals surface area (Å²) < 4.78 is 0. The van der Waals surface area contributed by atoms with Crippen LogP contribution in [0.4, 0.5) is 0 Å². The molecule has 0 spiro atoms. The van der Waals surface area contributed by atoms with Crippen molar-refractivity contribution < 1.29 is 0 Å². The molecule has 0 aromatic heterocycles. The third-order valence-corrected chi connectivity index (χ3v) is 4.14. The molecule has 1 aromatic carbocycles. The summed E-state index contributed by atoms with van der Waals surface area (Å²) >= 11 is 7.93. The molecule has 0 saturated heterocycles. The molecule has 0 radical (unpaired) electrons. The molecule has 1 N–H and O–H groups in total. The largest absolute Gasteiger partial charge is 0.313 e. The lowest BCUT2D eigenvalue weighted by Gasteiger charge is -2.17. The monoisotopic (exact) mass is 271 g/mol. The minimum absolute atomic E-state index is 0.567. The van der Waals surface area contributed by atoms with E-state index in [1.807, 2.05) is 23.9 Å². The molecule has 0 aliphatic heterocycles. The maximum atomic E-state index is 5.89. The first kappa shape index (κ1) is 14.9. The number of thioether (sulfide) groups is 1. The van der Waals surface area contributed by atoms with Gasteiger partial charge in [0.2, 0.25) is 0 Å². The third kappa shape index (κ3) is 6.35. The number of likely N-dealkylation sites (N-methyl/N-ethyl adjacent to an activating group) is 1. The zero-order chi connectivity index (χ0) is 12.5. The van der Waals surface area contributed by atoms with E-state index < -0.39 is 0 Å². The van der Waals surface area contributed by atoms with Crippen LogP contribution < -0.4 is 5.32 Å². The number of rotatable bonds is 8. The quantitative estimate of drug-likeness (QED) is 0.717. The van der Waals surface area contributed by atoms with E-state index in [0.717, 1.165) is 18.0 Å². The highest BCUT2D eigenvalue weighted by Gasteiger charge is 2.08. The van der Waals surface area contributed by atoms with Crippen LogP contribution in [0.15, 0.2) is 24.3 Å². The molecular weight excluding hydrogens is 250 g/mol. The van der Waals surface area contributed by atoms with Gasteiger partial charge in [0.15, 0.2) is 0 Å². The van der Waals surface area contributed by atoms with Gasteiger partial charge >= 0.3 is 0 Å². The van der Waals surface area contributed by atoms with Gasteiger partial charge in [0.25, 0.3) is 0 Å². The van der Waals surface area contributed by atoms with Crippen LogP contribution in [0.5, 0.6) is 0 Å². The van der Waals surface area contributed by atoms with Gasteiger partial charge < -0.3 is 5.32 Å². The zero-order valence-electron chi connectivity index (χ0n) is 10.7. The molecule has 0 aliphatic rings. The Morgan fingerprint density at radius 3 is 2.53 bits per heavy atom. The van der Waals surface area contributed by atoms with Gasteiger partial charge in [-0.1, -0.05) is 37.6 Å². The molecule has 0 heterocycles. The third-order valence-electron chi connectivity index (χ3n) is 2.56. The van der Waals surface area contributed by atoms with Crippen molar-refractivity contribution in [2.45, 2.75) is 32.7 Å². The highest BCUT2D eigenvalue weighted by Crippen LogP contribution is 2.13. The molecule has 17 heavy (non-hydrogen) atoms. The second-order valence-corrected chi connectivity index (χ2v) is 5.75. The summed E-state index contributed by atoms with van der Waals surface area (Å²) in [6, 6.07) is 8.75. The number of halogens is 1. The van der Waals surface area contributed by atoms with Gasteiger partial charge in [0, 0.05) is 16.8 Å². The standard InChI is InChI=1S/C14H22ClNS/c1-3-9-17-11-14(16-4-2)10-12-5-7-13(15)8-6-12/h5-8,14,16H,3-4,9-11H2,1-2H3.